The highest BCUT2D eigenvalue weighted by molar-refractivity contribution is 7.92. The zero-order chi connectivity index (χ0) is 19.4. The van der Waals surface area contributed by atoms with Crippen LogP contribution in [-0.4, -0.2) is 29.7 Å². The van der Waals surface area contributed by atoms with Crippen molar-refractivity contribution >= 4 is 27.3 Å². The molecule has 1 aromatic heterocycles. The maximum atomic E-state index is 11.3. The molecule has 0 spiro atoms. The molecule has 0 aliphatic carbocycles. The van der Waals surface area contributed by atoms with Crippen molar-refractivity contribution in [3.63, 3.8) is 0 Å². The maximum Gasteiger partial charge on any atom is 0.229 e. The highest BCUT2D eigenvalue weighted by atomic mass is 32.2. The third-order valence-electron chi connectivity index (χ3n) is 3.79. The maximum absolute atomic E-state index is 11.3. The van der Waals surface area contributed by atoms with Gasteiger partial charge < -0.3 is 10.4 Å². The number of nitrogens with one attached hydrogen (secondary N) is 2. The Morgan fingerprint density at radius 3 is 2.19 bits per heavy atom. The molecule has 0 saturated carbocycles. The lowest BCUT2D eigenvalue weighted by atomic mass is 10.1. The smallest absolute Gasteiger partial charge is 0.229 e. The normalized spacial score (nSPS) is 12.4. The molecule has 140 valence electrons. The molecule has 2 aromatic carbocycles. The van der Waals surface area contributed by atoms with E-state index in [-0.39, 0.29) is 0 Å². The molecule has 3 rings (SSSR count). The molecule has 0 fully saturated rings. The van der Waals surface area contributed by atoms with E-state index in [1.807, 2.05) is 24.3 Å². The van der Waals surface area contributed by atoms with Crippen LogP contribution >= 0.6 is 0 Å². The van der Waals surface area contributed by atoms with Crippen molar-refractivity contribution in [1.82, 2.24) is 9.97 Å². The average Bonchev–Trinajstić information content (AvgIpc) is 2.62. The summed E-state index contributed by atoms with van der Waals surface area (Å²) in [7, 11) is -3.31. The molecule has 0 saturated heterocycles. The van der Waals surface area contributed by atoms with Crippen molar-refractivity contribution in [1.29, 1.82) is 0 Å². The Balaban J connectivity index is 1.77. The molecular formula is C19H20N4O3S. The van der Waals surface area contributed by atoms with Crippen LogP contribution in [0.15, 0.2) is 60.8 Å². The van der Waals surface area contributed by atoms with E-state index in [1.54, 1.807) is 43.5 Å². The van der Waals surface area contributed by atoms with Crippen LogP contribution in [0.3, 0.4) is 0 Å². The second-order valence-corrected chi connectivity index (χ2v) is 7.89. The number of aromatic nitrogens is 2. The lowest BCUT2D eigenvalue weighted by Gasteiger charge is -2.09. The zero-order valence-electron chi connectivity index (χ0n) is 14.9. The molecule has 1 atom stereocenters. The van der Waals surface area contributed by atoms with Crippen molar-refractivity contribution in [2.75, 3.05) is 16.3 Å². The summed E-state index contributed by atoms with van der Waals surface area (Å²) in [6, 6.07) is 16.1. The lowest BCUT2D eigenvalue weighted by Crippen LogP contribution is -2.09. The van der Waals surface area contributed by atoms with Gasteiger partial charge in [-0.25, -0.2) is 18.4 Å². The highest BCUT2D eigenvalue weighted by Gasteiger charge is 2.06. The fourth-order valence-corrected chi connectivity index (χ4v) is 3.04. The summed E-state index contributed by atoms with van der Waals surface area (Å²) in [4.78, 5) is 8.71. The van der Waals surface area contributed by atoms with Gasteiger partial charge in [0.25, 0.3) is 0 Å². The Morgan fingerprint density at radius 1 is 0.963 bits per heavy atom. The van der Waals surface area contributed by atoms with Gasteiger partial charge in [0, 0.05) is 23.1 Å². The minimum absolute atomic E-state index is 0.440. The van der Waals surface area contributed by atoms with Crippen LogP contribution in [0.2, 0.25) is 0 Å². The molecule has 8 heteroatoms. The number of benzene rings is 2. The molecule has 0 amide bonds. The number of nitrogens with zero attached hydrogens (tertiary/aromatic N) is 2. The average molecular weight is 384 g/mol. The van der Waals surface area contributed by atoms with E-state index in [1.165, 1.54) is 0 Å². The molecule has 3 aromatic rings. The lowest BCUT2D eigenvalue weighted by molar-refractivity contribution is 0.199. The van der Waals surface area contributed by atoms with Crippen molar-refractivity contribution in [3.05, 3.63) is 66.4 Å². The molecule has 3 N–H and O–H groups in total. The molecular weight excluding hydrogens is 364 g/mol. The summed E-state index contributed by atoms with van der Waals surface area (Å²) in [5, 5.41) is 12.7. The first-order chi connectivity index (χ1) is 12.8. The predicted molar refractivity (Wildman–Crippen MR) is 106 cm³/mol. The fourth-order valence-electron chi connectivity index (χ4n) is 2.48. The summed E-state index contributed by atoms with van der Waals surface area (Å²) in [5.41, 5.74) is 3.68. The van der Waals surface area contributed by atoms with E-state index in [9.17, 15) is 13.5 Å². The van der Waals surface area contributed by atoms with Crippen molar-refractivity contribution < 1.29 is 13.5 Å². The number of aliphatic hydroxyl groups is 1. The molecule has 27 heavy (non-hydrogen) atoms. The Kier molecular flexibility index (Phi) is 5.38. The predicted octanol–water partition coefficient (Wildman–Crippen LogP) is 3.31. The van der Waals surface area contributed by atoms with Crippen LogP contribution < -0.4 is 10.0 Å². The van der Waals surface area contributed by atoms with Gasteiger partial charge in [0.1, 0.15) is 0 Å². The van der Waals surface area contributed by atoms with Crippen molar-refractivity contribution in [2.45, 2.75) is 13.0 Å². The van der Waals surface area contributed by atoms with Gasteiger partial charge in [-0.3, -0.25) is 4.72 Å². The first kappa shape index (κ1) is 18.8. The van der Waals surface area contributed by atoms with E-state index >= 15 is 0 Å². The number of hydrogen-bond donors (Lipinski definition) is 3. The Labute approximate surface area is 158 Å². The van der Waals surface area contributed by atoms with Gasteiger partial charge in [0.2, 0.25) is 16.0 Å². The van der Waals surface area contributed by atoms with Crippen LogP contribution in [0.5, 0.6) is 0 Å². The van der Waals surface area contributed by atoms with Crippen LogP contribution in [0, 0.1) is 0 Å². The third kappa shape index (κ3) is 5.25. The Bertz CT molecular complexity index is 1020. The monoisotopic (exact) mass is 384 g/mol. The van der Waals surface area contributed by atoms with E-state index in [0.29, 0.717) is 17.3 Å². The summed E-state index contributed by atoms with van der Waals surface area (Å²) < 4.78 is 25.0. The van der Waals surface area contributed by atoms with Gasteiger partial charge in [0.05, 0.1) is 18.1 Å². The van der Waals surface area contributed by atoms with E-state index in [4.69, 9.17) is 0 Å². The Hall–Kier alpha value is -2.97. The number of sulfonamides is 1. The molecule has 0 radical (unpaired) electrons. The molecule has 0 aliphatic heterocycles. The number of anilines is 3. The van der Waals surface area contributed by atoms with Crippen LogP contribution in [-0.2, 0) is 10.0 Å². The van der Waals surface area contributed by atoms with E-state index in [0.717, 1.165) is 23.1 Å². The van der Waals surface area contributed by atoms with Gasteiger partial charge in [-0.2, -0.15) is 0 Å². The first-order valence-corrected chi connectivity index (χ1v) is 10.2. The van der Waals surface area contributed by atoms with E-state index in [2.05, 4.69) is 20.0 Å². The highest BCUT2D eigenvalue weighted by Crippen LogP contribution is 2.22. The second-order valence-electron chi connectivity index (χ2n) is 6.14. The molecule has 1 unspecified atom stereocenters. The first-order valence-electron chi connectivity index (χ1n) is 8.26. The second kappa shape index (κ2) is 7.73. The minimum atomic E-state index is -3.31. The molecule has 0 bridgehead atoms. The topological polar surface area (TPSA) is 104 Å². The molecule has 1 heterocycles. The van der Waals surface area contributed by atoms with E-state index < -0.39 is 16.1 Å². The third-order valence-corrected chi connectivity index (χ3v) is 4.40. The van der Waals surface area contributed by atoms with Gasteiger partial charge in [0.15, 0.2) is 0 Å². The quantitative estimate of drug-likeness (QED) is 0.602. The van der Waals surface area contributed by atoms with Crippen LogP contribution in [0.1, 0.15) is 18.6 Å². The summed E-state index contributed by atoms with van der Waals surface area (Å²) in [6.07, 6.45) is 2.24. The standard InChI is InChI=1S/C19H20N4O3S/c1-13(24)14-3-7-16(8-4-14)21-19-20-12-11-18(22-19)15-5-9-17(10-6-15)23-27(2,25)26/h3-13,23-24H,1-2H3,(H,20,21,22). The Morgan fingerprint density at radius 2 is 1.59 bits per heavy atom. The summed E-state index contributed by atoms with van der Waals surface area (Å²) in [5.74, 6) is 0.440. The number of aliphatic hydroxyl groups excluding tert-OH is 1. The van der Waals surface area contributed by atoms with Gasteiger partial charge >= 0.3 is 0 Å². The molecule has 0 aliphatic rings. The van der Waals surface area contributed by atoms with Gasteiger partial charge in [-0.1, -0.05) is 24.3 Å². The summed E-state index contributed by atoms with van der Waals surface area (Å²) >= 11 is 0. The SMILES string of the molecule is CC(O)c1ccc(Nc2nccc(-c3ccc(NS(C)(=O)=O)cc3)n2)cc1. The largest absolute Gasteiger partial charge is 0.389 e. The van der Waals surface area contributed by atoms with Crippen molar-refractivity contribution in [2.24, 2.45) is 0 Å². The zero-order valence-corrected chi connectivity index (χ0v) is 15.7. The van der Waals surface area contributed by atoms with Crippen molar-refractivity contribution in [3.8, 4) is 11.3 Å². The summed E-state index contributed by atoms with van der Waals surface area (Å²) in [6.45, 7) is 1.71. The minimum Gasteiger partial charge on any atom is -0.389 e. The van der Waals surface area contributed by atoms with Gasteiger partial charge in [-0.15, -0.1) is 0 Å². The van der Waals surface area contributed by atoms with Crippen LogP contribution in [0.4, 0.5) is 17.3 Å². The molecule has 7 nitrogen and oxygen atoms in total. The van der Waals surface area contributed by atoms with Gasteiger partial charge in [-0.05, 0) is 42.8 Å². The van der Waals surface area contributed by atoms with Crippen LogP contribution in [0.25, 0.3) is 11.3 Å². The number of rotatable bonds is 6. The number of hydrogen-bond acceptors (Lipinski definition) is 6. The fraction of sp³-hybridized carbons (Fsp3) is 0.158.